The lowest BCUT2D eigenvalue weighted by Crippen LogP contribution is -2.25. The fourth-order valence-electron chi connectivity index (χ4n) is 4.76. The average Bonchev–Trinajstić information content (AvgIpc) is 2.60. The van der Waals surface area contributed by atoms with Gasteiger partial charge >= 0.3 is 0 Å². The molecule has 1 nitrogen and oxygen atoms in total. The van der Waals surface area contributed by atoms with Crippen molar-refractivity contribution in [1.29, 1.82) is 5.26 Å². The van der Waals surface area contributed by atoms with Gasteiger partial charge in [-0.05, 0) is 62.2 Å². The quantitative estimate of drug-likeness (QED) is 0.287. The third kappa shape index (κ3) is 6.54. The van der Waals surface area contributed by atoms with E-state index in [1.165, 1.54) is 77.0 Å². The molecule has 0 saturated heterocycles. The van der Waals surface area contributed by atoms with E-state index >= 15 is 0 Å². The molecule has 2 saturated carbocycles. The van der Waals surface area contributed by atoms with E-state index < -0.39 is 0 Å². The Labute approximate surface area is 143 Å². The van der Waals surface area contributed by atoms with Crippen molar-refractivity contribution in [3.05, 3.63) is 24.3 Å². The molecule has 0 radical (unpaired) electrons. The molecule has 0 N–H and O–H groups in total. The van der Waals surface area contributed by atoms with Crippen molar-refractivity contribution in [2.24, 2.45) is 23.7 Å². The normalized spacial score (nSPS) is 32.3. The third-order valence-corrected chi connectivity index (χ3v) is 6.26. The molecule has 0 bridgehead atoms. The van der Waals surface area contributed by atoms with Gasteiger partial charge in [0.05, 0.1) is 6.07 Å². The first-order valence-electron chi connectivity index (χ1n) is 10.1. The molecule has 2 aliphatic carbocycles. The minimum Gasteiger partial charge on any atom is -0.193 e. The van der Waals surface area contributed by atoms with E-state index in [2.05, 4.69) is 19.1 Å². The highest BCUT2D eigenvalue weighted by molar-refractivity contribution is 5.12. The first-order valence-corrected chi connectivity index (χ1v) is 10.1. The van der Waals surface area contributed by atoms with Gasteiger partial charge < -0.3 is 0 Å². The highest BCUT2D eigenvalue weighted by Crippen LogP contribution is 2.42. The topological polar surface area (TPSA) is 23.8 Å². The van der Waals surface area contributed by atoms with Crippen LogP contribution in [-0.4, -0.2) is 0 Å². The second-order valence-corrected chi connectivity index (χ2v) is 7.82. The van der Waals surface area contributed by atoms with Gasteiger partial charge in [-0.15, -0.1) is 0 Å². The smallest absolute Gasteiger partial charge is 0.0912 e. The maximum absolute atomic E-state index is 8.49. The zero-order valence-electron chi connectivity index (χ0n) is 15.1. The number of rotatable bonds is 7. The van der Waals surface area contributed by atoms with Crippen molar-refractivity contribution in [3.63, 3.8) is 0 Å². The van der Waals surface area contributed by atoms with E-state index in [4.69, 9.17) is 5.26 Å². The summed E-state index contributed by atoms with van der Waals surface area (Å²) >= 11 is 0. The molecule has 23 heavy (non-hydrogen) atoms. The second-order valence-electron chi connectivity index (χ2n) is 7.82. The van der Waals surface area contributed by atoms with Crippen LogP contribution in [0.5, 0.6) is 0 Å². The van der Waals surface area contributed by atoms with E-state index in [1.807, 2.05) is 12.1 Å². The van der Waals surface area contributed by atoms with Gasteiger partial charge in [-0.2, -0.15) is 5.26 Å². The van der Waals surface area contributed by atoms with Crippen molar-refractivity contribution in [1.82, 2.24) is 0 Å². The average molecular weight is 314 g/mol. The van der Waals surface area contributed by atoms with Gasteiger partial charge in [0.15, 0.2) is 0 Å². The van der Waals surface area contributed by atoms with Gasteiger partial charge in [0, 0.05) is 6.08 Å². The molecule has 2 fully saturated rings. The van der Waals surface area contributed by atoms with Crippen molar-refractivity contribution in [3.8, 4) is 6.07 Å². The Kier molecular flexibility index (Phi) is 8.51. The fraction of sp³-hybridized carbons (Fsp3) is 0.773. The lowest BCUT2D eigenvalue weighted by molar-refractivity contribution is 0.151. The zero-order valence-corrected chi connectivity index (χ0v) is 15.1. The molecule has 0 aromatic carbocycles. The van der Waals surface area contributed by atoms with Crippen LogP contribution in [0.4, 0.5) is 0 Å². The minimum atomic E-state index is 0.750. The molecule has 0 heterocycles. The molecular formula is C22H35N. The zero-order chi connectivity index (χ0) is 16.3. The first kappa shape index (κ1) is 18.3. The van der Waals surface area contributed by atoms with E-state index in [-0.39, 0.29) is 0 Å². The van der Waals surface area contributed by atoms with Crippen molar-refractivity contribution >= 4 is 0 Å². The molecule has 0 atom stereocenters. The van der Waals surface area contributed by atoms with Crippen LogP contribution in [0.15, 0.2) is 24.3 Å². The summed E-state index contributed by atoms with van der Waals surface area (Å²) in [6, 6.07) is 2.04. The number of nitriles is 1. The van der Waals surface area contributed by atoms with Gasteiger partial charge in [-0.25, -0.2) is 0 Å². The Morgan fingerprint density at radius 2 is 1.52 bits per heavy atom. The van der Waals surface area contributed by atoms with Crippen molar-refractivity contribution in [2.75, 3.05) is 0 Å². The standard InChI is InChI=1S/C22H35N/c1-2-3-5-8-19-10-14-21(15-11-19)22-16-12-20(13-17-22)9-6-4-7-18-23/h4,6-7,9,19-22H,2-3,5,8,10-17H2,1H3/b7-4+,9-6+/t19-,20?,21-,22?. The molecule has 0 unspecified atom stereocenters. The van der Waals surface area contributed by atoms with Crippen LogP contribution in [0.1, 0.15) is 84.0 Å². The monoisotopic (exact) mass is 313 g/mol. The predicted octanol–water partition coefficient (Wildman–Crippen LogP) is 6.82. The summed E-state index contributed by atoms with van der Waals surface area (Å²) in [6.07, 6.45) is 25.2. The summed E-state index contributed by atoms with van der Waals surface area (Å²) in [5.74, 6) is 3.83. The SMILES string of the molecule is CCCCC[C@H]1CC[C@H](C2CCC(/C=C/C=C/C#N)CC2)CC1. The van der Waals surface area contributed by atoms with Crippen LogP contribution in [-0.2, 0) is 0 Å². The number of nitrogens with zero attached hydrogens (tertiary/aromatic N) is 1. The molecule has 0 spiro atoms. The summed E-state index contributed by atoms with van der Waals surface area (Å²) in [7, 11) is 0. The molecule has 2 aliphatic rings. The van der Waals surface area contributed by atoms with Crippen molar-refractivity contribution in [2.45, 2.75) is 84.0 Å². The van der Waals surface area contributed by atoms with Crippen LogP contribution in [0, 0.1) is 35.0 Å². The van der Waals surface area contributed by atoms with E-state index in [0.717, 1.165) is 23.7 Å². The largest absolute Gasteiger partial charge is 0.193 e. The third-order valence-electron chi connectivity index (χ3n) is 6.26. The Bertz CT molecular complexity index is 398. The fourth-order valence-corrected chi connectivity index (χ4v) is 4.76. The molecular weight excluding hydrogens is 278 g/mol. The Hall–Kier alpha value is -1.03. The van der Waals surface area contributed by atoms with E-state index in [0.29, 0.717) is 0 Å². The second kappa shape index (κ2) is 10.7. The van der Waals surface area contributed by atoms with Gasteiger partial charge in [0.2, 0.25) is 0 Å². The first-order chi connectivity index (χ1) is 11.3. The maximum atomic E-state index is 8.49. The number of hydrogen-bond donors (Lipinski definition) is 0. The summed E-state index contributed by atoms with van der Waals surface area (Å²) in [4.78, 5) is 0. The lowest BCUT2D eigenvalue weighted by Gasteiger charge is -2.37. The van der Waals surface area contributed by atoms with Crippen LogP contribution in [0.2, 0.25) is 0 Å². The Morgan fingerprint density at radius 1 is 0.870 bits per heavy atom. The van der Waals surface area contributed by atoms with E-state index in [1.54, 1.807) is 6.08 Å². The van der Waals surface area contributed by atoms with Gasteiger partial charge in [0.25, 0.3) is 0 Å². The van der Waals surface area contributed by atoms with Crippen LogP contribution in [0.25, 0.3) is 0 Å². The highest BCUT2D eigenvalue weighted by atomic mass is 14.4. The molecule has 0 amide bonds. The van der Waals surface area contributed by atoms with Crippen LogP contribution in [0.3, 0.4) is 0 Å². The molecule has 1 heteroatoms. The van der Waals surface area contributed by atoms with Gasteiger partial charge in [-0.3, -0.25) is 0 Å². The van der Waals surface area contributed by atoms with Gasteiger partial charge in [0.1, 0.15) is 0 Å². The number of hydrogen-bond acceptors (Lipinski definition) is 1. The Balaban J connectivity index is 1.64. The summed E-state index contributed by atoms with van der Waals surface area (Å²) in [5, 5.41) is 8.49. The molecule has 128 valence electrons. The summed E-state index contributed by atoms with van der Waals surface area (Å²) < 4.78 is 0. The predicted molar refractivity (Wildman–Crippen MR) is 98.9 cm³/mol. The summed E-state index contributed by atoms with van der Waals surface area (Å²) in [5.41, 5.74) is 0. The maximum Gasteiger partial charge on any atom is 0.0912 e. The minimum absolute atomic E-state index is 0.750. The van der Waals surface area contributed by atoms with Gasteiger partial charge in [-0.1, -0.05) is 63.7 Å². The molecule has 0 aromatic heterocycles. The van der Waals surface area contributed by atoms with Crippen LogP contribution >= 0.6 is 0 Å². The lowest BCUT2D eigenvalue weighted by atomic mass is 9.68. The summed E-state index contributed by atoms with van der Waals surface area (Å²) in [6.45, 7) is 2.31. The van der Waals surface area contributed by atoms with Crippen molar-refractivity contribution < 1.29 is 0 Å². The van der Waals surface area contributed by atoms with E-state index in [9.17, 15) is 0 Å². The van der Waals surface area contributed by atoms with Crippen LogP contribution < -0.4 is 0 Å². The molecule has 0 aromatic rings. The number of unbranched alkanes of at least 4 members (excludes halogenated alkanes) is 2. The number of allylic oxidation sites excluding steroid dienone is 4. The molecule has 0 aliphatic heterocycles. The highest BCUT2D eigenvalue weighted by Gasteiger charge is 2.30. The molecule has 2 rings (SSSR count). The Morgan fingerprint density at radius 3 is 2.13 bits per heavy atom.